The maximum Gasteiger partial charge on any atom is 0.226 e. The van der Waals surface area contributed by atoms with Gasteiger partial charge in [-0.1, -0.05) is 11.6 Å². The molecule has 0 unspecified atom stereocenters. The van der Waals surface area contributed by atoms with Crippen molar-refractivity contribution in [1.29, 1.82) is 0 Å². The number of benzene rings is 1. The summed E-state index contributed by atoms with van der Waals surface area (Å²) in [5.41, 5.74) is 1.57. The lowest BCUT2D eigenvalue weighted by molar-refractivity contribution is -0.121. The van der Waals surface area contributed by atoms with Gasteiger partial charge in [-0.15, -0.1) is 0 Å². The fraction of sp³-hybridized carbons (Fsp3) is 0.333. The van der Waals surface area contributed by atoms with Crippen molar-refractivity contribution in [3.05, 3.63) is 47.0 Å². The Kier molecular flexibility index (Phi) is 4.29. The molecule has 1 amide bonds. The molecule has 2 heterocycles. The Bertz CT molecular complexity index is 662. The fourth-order valence-corrected chi connectivity index (χ4v) is 2.75. The fourth-order valence-electron chi connectivity index (χ4n) is 2.63. The van der Waals surface area contributed by atoms with Gasteiger partial charge in [0.15, 0.2) is 0 Å². The van der Waals surface area contributed by atoms with E-state index in [1.54, 1.807) is 24.4 Å². The van der Waals surface area contributed by atoms with Crippen LogP contribution in [0, 0.1) is 5.82 Å². The number of amides is 1. The number of hydrogen-bond acceptors (Lipinski definition) is 3. The number of halogens is 2. The van der Waals surface area contributed by atoms with Crippen LogP contribution >= 0.6 is 11.6 Å². The van der Waals surface area contributed by atoms with Gasteiger partial charge in [0.1, 0.15) is 5.82 Å². The first kappa shape index (κ1) is 14.8. The second-order valence-electron chi connectivity index (χ2n) is 5.36. The molecule has 2 N–H and O–H groups in total. The van der Waals surface area contributed by atoms with E-state index < -0.39 is 5.82 Å². The van der Waals surface area contributed by atoms with Crippen LogP contribution in [0.3, 0.4) is 0 Å². The van der Waals surface area contributed by atoms with Crippen LogP contribution in [0.25, 0.3) is 0 Å². The van der Waals surface area contributed by atoms with Crippen LogP contribution in [0.15, 0.2) is 30.5 Å². The summed E-state index contributed by atoms with van der Waals surface area (Å²) < 4.78 is 13.5. The minimum absolute atomic E-state index is 0.0432. The van der Waals surface area contributed by atoms with Crippen LogP contribution in [0.4, 0.5) is 10.1 Å². The van der Waals surface area contributed by atoms with Gasteiger partial charge in [-0.05, 0) is 30.7 Å². The molecule has 3 rings (SSSR count). The molecular formula is C15H16ClFN4O. The summed E-state index contributed by atoms with van der Waals surface area (Å²) in [6, 6.07) is 6.61. The van der Waals surface area contributed by atoms with E-state index in [9.17, 15) is 9.18 Å². The highest BCUT2D eigenvalue weighted by molar-refractivity contribution is 6.30. The lowest BCUT2D eigenvalue weighted by Gasteiger charge is -2.19. The first-order valence-corrected chi connectivity index (χ1v) is 7.47. The molecule has 1 atom stereocenters. The average molecular weight is 323 g/mol. The molecule has 0 spiro atoms. The zero-order valence-electron chi connectivity index (χ0n) is 11.9. The van der Waals surface area contributed by atoms with E-state index in [4.69, 9.17) is 11.6 Å². The van der Waals surface area contributed by atoms with Crippen molar-refractivity contribution < 1.29 is 9.18 Å². The number of H-pyrrole nitrogens is 1. The largest absolute Gasteiger partial charge is 0.369 e. The molecule has 0 bridgehead atoms. The third-order valence-electron chi connectivity index (χ3n) is 3.73. The molecule has 1 aliphatic rings. The Hall–Kier alpha value is -2.08. The molecule has 1 saturated heterocycles. The van der Waals surface area contributed by atoms with Crippen LogP contribution in [0.5, 0.6) is 0 Å². The molecule has 5 nitrogen and oxygen atoms in total. The van der Waals surface area contributed by atoms with E-state index in [1.807, 2.05) is 4.90 Å². The maximum atomic E-state index is 13.5. The second-order valence-corrected chi connectivity index (χ2v) is 5.76. The van der Waals surface area contributed by atoms with Gasteiger partial charge in [0.05, 0.1) is 11.4 Å². The Labute approximate surface area is 132 Å². The zero-order chi connectivity index (χ0) is 15.5. The number of aromatic amines is 1. The topological polar surface area (TPSA) is 61.0 Å². The Balaban J connectivity index is 1.55. The molecule has 1 aromatic heterocycles. The molecular weight excluding hydrogens is 307 g/mol. The van der Waals surface area contributed by atoms with Crippen molar-refractivity contribution in [3.8, 4) is 0 Å². The highest BCUT2D eigenvalue weighted by atomic mass is 35.5. The van der Waals surface area contributed by atoms with Gasteiger partial charge in [-0.3, -0.25) is 9.89 Å². The summed E-state index contributed by atoms with van der Waals surface area (Å²) in [7, 11) is 0. The van der Waals surface area contributed by atoms with E-state index in [1.165, 1.54) is 6.07 Å². The summed E-state index contributed by atoms with van der Waals surface area (Å²) in [4.78, 5) is 14.0. The highest BCUT2D eigenvalue weighted by Crippen LogP contribution is 2.25. The number of anilines is 1. The van der Waals surface area contributed by atoms with Gasteiger partial charge in [-0.25, -0.2) is 4.39 Å². The number of nitrogens with zero attached hydrogens (tertiary/aromatic N) is 2. The van der Waals surface area contributed by atoms with Gasteiger partial charge in [0.25, 0.3) is 0 Å². The van der Waals surface area contributed by atoms with Crippen molar-refractivity contribution in [3.63, 3.8) is 0 Å². The third kappa shape index (κ3) is 3.39. The van der Waals surface area contributed by atoms with Crippen molar-refractivity contribution >= 4 is 23.2 Å². The predicted octanol–water partition coefficient (Wildman–Crippen LogP) is 2.14. The lowest BCUT2D eigenvalue weighted by Crippen LogP contribution is -2.38. The Morgan fingerprint density at radius 2 is 2.36 bits per heavy atom. The number of hydrogen-bond donors (Lipinski definition) is 2. The number of rotatable bonds is 4. The lowest BCUT2D eigenvalue weighted by atomic mass is 10.2. The van der Waals surface area contributed by atoms with E-state index in [-0.39, 0.29) is 23.4 Å². The maximum absolute atomic E-state index is 13.5. The zero-order valence-corrected chi connectivity index (χ0v) is 12.6. The Morgan fingerprint density at radius 3 is 3.09 bits per heavy atom. The number of carbonyl (C=O) groups is 1. The predicted molar refractivity (Wildman–Crippen MR) is 82.5 cm³/mol. The molecule has 1 fully saturated rings. The SMILES string of the molecule is O=C(Cc1ccn[nH]1)N[C@@H]1CCN(c2ccc(Cl)c(F)c2)C1. The number of aromatic nitrogens is 2. The van der Waals surface area contributed by atoms with E-state index in [0.29, 0.717) is 6.54 Å². The van der Waals surface area contributed by atoms with Gasteiger partial charge < -0.3 is 10.2 Å². The van der Waals surface area contributed by atoms with Crippen LogP contribution in [0.1, 0.15) is 12.1 Å². The van der Waals surface area contributed by atoms with Gasteiger partial charge >= 0.3 is 0 Å². The summed E-state index contributed by atoms with van der Waals surface area (Å²) in [5, 5.41) is 9.69. The second kappa shape index (κ2) is 6.36. The molecule has 116 valence electrons. The van der Waals surface area contributed by atoms with Crippen LogP contribution in [-0.4, -0.2) is 35.2 Å². The smallest absolute Gasteiger partial charge is 0.226 e. The molecule has 2 aromatic rings. The van der Waals surface area contributed by atoms with Gasteiger partial charge in [0, 0.05) is 36.7 Å². The van der Waals surface area contributed by atoms with E-state index >= 15 is 0 Å². The molecule has 1 aromatic carbocycles. The summed E-state index contributed by atoms with van der Waals surface area (Å²) in [5.74, 6) is -0.468. The first-order chi connectivity index (χ1) is 10.6. The number of nitrogens with one attached hydrogen (secondary N) is 2. The highest BCUT2D eigenvalue weighted by Gasteiger charge is 2.24. The minimum atomic E-state index is -0.425. The van der Waals surface area contributed by atoms with Gasteiger partial charge in [0.2, 0.25) is 5.91 Å². The average Bonchev–Trinajstić information content (AvgIpc) is 3.13. The molecule has 0 aliphatic carbocycles. The summed E-state index contributed by atoms with van der Waals surface area (Å²) in [6.07, 6.45) is 2.74. The van der Waals surface area contributed by atoms with E-state index in [2.05, 4.69) is 15.5 Å². The monoisotopic (exact) mass is 322 g/mol. The minimum Gasteiger partial charge on any atom is -0.369 e. The summed E-state index contributed by atoms with van der Waals surface area (Å²) >= 11 is 5.69. The summed E-state index contributed by atoms with van der Waals surface area (Å²) in [6.45, 7) is 1.44. The Morgan fingerprint density at radius 1 is 1.50 bits per heavy atom. The quantitative estimate of drug-likeness (QED) is 0.906. The molecule has 22 heavy (non-hydrogen) atoms. The first-order valence-electron chi connectivity index (χ1n) is 7.09. The van der Waals surface area contributed by atoms with Crippen molar-refractivity contribution in [2.45, 2.75) is 18.9 Å². The van der Waals surface area contributed by atoms with Crippen LogP contribution in [0.2, 0.25) is 5.02 Å². The standard InChI is InChI=1S/C15H16ClFN4O/c16-13-2-1-12(8-14(13)17)21-6-4-11(9-21)19-15(22)7-10-3-5-18-20-10/h1-3,5,8,11H,4,6-7,9H2,(H,18,20)(H,19,22)/t11-/m1/s1. The van der Waals surface area contributed by atoms with Crippen LogP contribution < -0.4 is 10.2 Å². The van der Waals surface area contributed by atoms with E-state index in [0.717, 1.165) is 24.3 Å². The number of carbonyl (C=O) groups excluding carboxylic acids is 1. The molecule has 0 saturated carbocycles. The van der Waals surface area contributed by atoms with Crippen molar-refractivity contribution in [1.82, 2.24) is 15.5 Å². The van der Waals surface area contributed by atoms with Crippen molar-refractivity contribution in [2.75, 3.05) is 18.0 Å². The molecule has 0 radical (unpaired) electrons. The van der Waals surface area contributed by atoms with Crippen molar-refractivity contribution in [2.24, 2.45) is 0 Å². The van der Waals surface area contributed by atoms with Crippen LogP contribution in [-0.2, 0) is 11.2 Å². The normalized spacial score (nSPS) is 17.7. The molecule has 7 heteroatoms. The third-order valence-corrected chi connectivity index (χ3v) is 4.04. The van der Waals surface area contributed by atoms with Gasteiger partial charge in [-0.2, -0.15) is 5.10 Å². The molecule has 1 aliphatic heterocycles.